The zero-order valence-electron chi connectivity index (χ0n) is 14.7. The molecule has 3 rings (SSSR count). The van der Waals surface area contributed by atoms with Crippen LogP contribution in [0.25, 0.3) is 0 Å². The largest absolute Gasteiger partial charge is 0.340 e. The second-order valence-electron chi connectivity index (χ2n) is 7.05. The van der Waals surface area contributed by atoms with E-state index in [4.69, 9.17) is 0 Å². The molecule has 2 atom stereocenters. The molecular formula is C19H26FN3O2. The maximum absolute atomic E-state index is 13.8. The fourth-order valence-electron chi connectivity index (χ4n) is 3.67. The summed E-state index contributed by atoms with van der Waals surface area (Å²) < 4.78 is 13.8. The number of hydrogen-bond acceptors (Lipinski definition) is 4. The predicted molar refractivity (Wildman–Crippen MR) is 93.5 cm³/mol. The fraction of sp³-hybridized carbons (Fsp3) is 0.579. The van der Waals surface area contributed by atoms with Gasteiger partial charge in [-0.25, -0.2) is 4.39 Å². The number of rotatable bonds is 4. The second-order valence-corrected chi connectivity index (χ2v) is 7.05. The molecule has 1 aromatic carbocycles. The van der Waals surface area contributed by atoms with Gasteiger partial charge in [0.15, 0.2) is 0 Å². The van der Waals surface area contributed by atoms with Crippen LogP contribution in [0.15, 0.2) is 24.3 Å². The molecule has 0 spiro atoms. The molecule has 0 aliphatic carbocycles. The molecule has 1 aromatic rings. The van der Waals surface area contributed by atoms with Gasteiger partial charge in [-0.15, -0.1) is 0 Å². The first-order valence-corrected chi connectivity index (χ1v) is 9.03. The molecule has 5 nitrogen and oxygen atoms in total. The number of benzene rings is 1. The number of hydrogen-bond donors (Lipinski definition) is 1. The van der Waals surface area contributed by atoms with Gasteiger partial charge in [0.2, 0.25) is 5.91 Å². The molecule has 0 aromatic heterocycles. The minimum atomic E-state index is -0.244. The van der Waals surface area contributed by atoms with Crippen LogP contribution in [0.4, 0.5) is 4.39 Å². The lowest BCUT2D eigenvalue weighted by Crippen LogP contribution is -2.45. The average Bonchev–Trinajstić information content (AvgIpc) is 2.98. The summed E-state index contributed by atoms with van der Waals surface area (Å²) in [7, 11) is 0. The Labute approximate surface area is 148 Å². The molecule has 2 fully saturated rings. The van der Waals surface area contributed by atoms with Crippen molar-refractivity contribution in [2.75, 3.05) is 32.7 Å². The number of Topliss-reactive ketones (excluding diaryl/α,β-unsaturated/α-hetero) is 1. The lowest BCUT2D eigenvalue weighted by Gasteiger charge is -2.24. The van der Waals surface area contributed by atoms with E-state index in [1.165, 1.54) is 6.07 Å². The number of halogens is 1. The zero-order valence-corrected chi connectivity index (χ0v) is 14.7. The van der Waals surface area contributed by atoms with Crippen molar-refractivity contribution in [3.05, 3.63) is 35.6 Å². The molecule has 1 amide bonds. The summed E-state index contributed by atoms with van der Waals surface area (Å²) in [6.45, 7) is 5.72. The van der Waals surface area contributed by atoms with Gasteiger partial charge in [-0.05, 0) is 25.8 Å². The molecule has 0 saturated carbocycles. The highest BCUT2D eigenvalue weighted by Crippen LogP contribution is 2.18. The van der Waals surface area contributed by atoms with Crippen molar-refractivity contribution in [2.45, 2.75) is 32.4 Å². The third-order valence-corrected chi connectivity index (χ3v) is 5.26. The van der Waals surface area contributed by atoms with Crippen LogP contribution >= 0.6 is 0 Å². The number of nitrogens with one attached hydrogen (secondary N) is 1. The monoisotopic (exact) mass is 347 g/mol. The first kappa shape index (κ1) is 18.0. The highest BCUT2D eigenvalue weighted by atomic mass is 19.1. The number of carbonyl (C=O) groups is 2. The van der Waals surface area contributed by atoms with Crippen LogP contribution in [-0.4, -0.2) is 60.3 Å². The summed E-state index contributed by atoms with van der Waals surface area (Å²) in [5.41, 5.74) is 0.698. The molecule has 2 heterocycles. The lowest BCUT2D eigenvalue weighted by molar-refractivity contribution is -0.133. The maximum atomic E-state index is 13.8. The van der Waals surface area contributed by atoms with Gasteiger partial charge in [0.1, 0.15) is 11.6 Å². The molecular weight excluding hydrogens is 321 g/mol. The van der Waals surface area contributed by atoms with Crippen LogP contribution < -0.4 is 5.32 Å². The molecule has 0 bridgehead atoms. The Kier molecular flexibility index (Phi) is 5.81. The Morgan fingerprint density at radius 3 is 2.72 bits per heavy atom. The van der Waals surface area contributed by atoms with Crippen LogP contribution in [-0.2, 0) is 16.1 Å². The van der Waals surface area contributed by atoms with E-state index >= 15 is 0 Å². The minimum absolute atomic E-state index is 0.0431. The van der Waals surface area contributed by atoms with Gasteiger partial charge >= 0.3 is 0 Å². The van der Waals surface area contributed by atoms with Crippen LogP contribution in [0.5, 0.6) is 0 Å². The van der Waals surface area contributed by atoms with Crippen molar-refractivity contribution >= 4 is 11.7 Å². The number of ketones is 1. The van der Waals surface area contributed by atoms with Crippen molar-refractivity contribution < 1.29 is 14.0 Å². The molecule has 2 aliphatic heterocycles. The minimum Gasteiger partial charge on any atom is -0.340 e. The van der Waals surface area contributed by atoms with Gasteiger partial charge in [0, 0.05) is 50.7 Å². The van der Waals surface area contributed by atoms with E-state index in [2.05, 4.69) is 10.2 Å². The fourth-order valence-corrected chi connectivity index (χ4v) is 3.67. The smallest absolute Gasteiger partial charge is 0.239 e. The van der Waals surface area contributed by atoms with Crippen molar-refractivity contribution in [1.29, 1.82) is 0 Å². The highest BCUT2D eigenvalue weighted by Gasteiger charge is 2.34. The van der Waals surface area contributed by atoms with Crippen LogP contribution in [0, 0.1) is 11.7 Å². The Morgan fingerprint density at radius 2 is 2.00 bits per heavy atom. The second kappa shape index (κ2) is 8.06. The van der Waals surface area contributed by atoms with Crippen molar-refractivity contribution in [3.8, 4) is 0 Å². The Bertz CT molecular complexity index is 637. The van der Waals surface area contributed by atoms with E-state index < -0.39 is 0 Å². The summed E-state index contributed by atoms with van der Waals surface area (Å²) in [5, 5.41) is 3.19. The van der Waals surface area contributed by atoms with Gasteiger partial charge in [-0.3, -0.25) is 14.5 Å². The zero-order chi connectivity index (χ0) is 17.8. The topological polar surface area (TPSA) is 52.7 Å². The van der Waals surface area contributed by atoms with Crippen molar-refractivity contribution in [1.82, 2.24) is 15.1 Å². The number of nitrogens with zero attached hydrogens (tertiary/aromatic N) is 2. The Morgan fingerprint density at radius 1 is 1.20 bits per heavy atom. The molecule has 2 unspecified atom stereocenters. The Balaban J connectivity index is 1.54. The third-order valence-electron chi connectivity index (χ3n) is 5.26. The molecule has 6 heteroatoms. The summed E-state index contributed by atoms with van der Waals surface area (Å²) >= 11 is 0. The molecule has 0 radical (unpaired) electrons. The summed E-state index contributed by atoms with van der Waals surface area (Å²) in [6, 6.07) is 6.61. The van der Waals surface area contributed by atoms with Crippen molar-refractivity contribution in [2.24, 2.45) is 5.92 Å². The summed E-state index contributed by atoms with van der Waals surface area (Å²) in [5.74, 6) is 0.0230. The highest BCUT2D eigenvalue weighted by molar-refractivity contribution is 5.85. The molecule has 136 valence electrons. The average molecular weight is 347 g/mol. The summed E-state index contributed by atoms with van der Waals surface area (Å²) in [4.78, 5) is 28.3. The molecule has 2 saturated heterocycles. The maximum Gasteiger partial charge on any atom is 0.239 e. The van der Waals surface area contributed by atoms with E-state index in [-0.39, 0.29) is 29.5 Å². The first-order chi connectivity index (χ1) is 12.0. The van der Waals surface area contributed by atoms with Gasteiger partial charge in [0.25, 0.3) is 0 Å². The van der Waals surface area contributed by atoms with Gasteiger partial charge in [-0.1, -0.05) is 18.2 Å². The molecule has 25 heavy (non-hydrogen) atoms. The summed E-state index contributed by atoms with van der Waals surface area (Å²) in [6.07, 6.45) is 1.48. The number of amides is 1. The van der Waals surface area contributed by atoms with Gasteiger partial charge < -0.3 is 10.2 Å². The standard InChI is InChI=1S/C19H26FN3O2/c1-14(24)16-11-18(21-12-16)19(25)23-8-4-7-22(9-10-23)13-15-5-2-3-6-17(15)20/h2-3,5-6,16,18,21H,4,7-13H2,1H3. The van der Waals surface area contributed by atoms with E-state index in [0.29, 0.717) is 31.6 Å². The molecule has 1 N–H and O–H groups in total. The first-order valence-electron chi connectivity index (χ1n) is 9.03. The number of carbonyl (C=O) groups excluding carboxylic acids is 2. The van der Waals surface area contributed by atoms with Crippen LogP contribution in [0.3, 0.4) is 0 Å². The van der Waals surface area contributed by atoms with E-state index in [1.54, 1.807) is 13.0 Å². The Hall–Kier alpha value is -1.79. The van der Waals surface area contributed by atoms with Crippen molar-refractivity contribution in [3.63, 3.8) is 0 Å². The van der Waals surface area contributed by atoms with E-state index in [9.17, 15) is 14.0 Å². The predicted octanol–water partition coefficient (Wildman–Crippen LogP) is 1.43. The SMILES string of the molecule is CC(=O)C1CNC(C(=O)N2CCCN(Cc3ccccc3F)CC2)C1. The van der Waals surface area contributed by atoms with Gasteiger partial charge in [0.05, 0.1) is 6.04 Å². The third kappa shape index (κ3) is 4.44. The van der Waals surface area contributed by atoms with E-state index in [0.717, 1.165) is 26.1 Å². The lowest BCUT2D eigenvalue weighted by atomic mass is 10.0. The van der Waals surface area contributed by atoms with Crippen LogP contribution in [0.1, 0.15) is 25.3 Å². The van der Waals surface area contributed by atoms with Crippen LogP contribution in [0.2, 0.25) is 0 Å². The quantitative estimate of drug-likeness (QED) is 0.895. The van der Waals surface area contributed by atoms with E-state index in [1.807, 2.05) is 17.0 Å². The normalized spacial score (nSPS) is 25.0. The molecule has 2 aliphatic rings. The van der Waals surface area contributed by atoms with Gasteiger partial charge in [-0.2, -0.15) is 0 Å².